The Morgan fingerprint density at radius 1 is 1.17 bits per heavy atom. The fourth-order valence-electron chi connectivity index (χ4n) is 3.82. The molecule has 1 fully saturated rings. The summed E-state index contributed by atoms with van der Waals surface area (Å²) >= 11 is 1.61. The summed E-state index contributed by atoms with van der Waals surface area (Å²) in [4.78, 5) is 6.30. The highest BCUT2D eigenvalue weighted by Gasteiger charge is 2.18. The van der Waals surface area contributed by atoms with Crippen LogP contribution in [0.25, 0.3) is 16.6 Å². The summed E-state index contributed by atoms with van der Waals surface area (Å²) in [6, 6.07) is 6.76. The Balaban J connectivity index is 1.58. The van der Waals surface area contributed by atoms with Gasteiger partial charge in [-0.05, 0) is 44.0 Å². The lowest BCUT2D eigenvalue weighted by molar-refractivity contribution is 0.347. The van der Waals surface area contributed by atoms with E-state index in [0.29, 0.717) is 11.6 Å². The maximum Gasteiger partial charge on any atom is 0.103 e. The second-order valence-corrected chi connectivity index (χ2v) is 8.59. The number of aromatic nitrogens is 5. The van der Waals surface area contributed by atoms with Crippen molar-refractivity contribution in [2.75, 3.05) is 13.1 Å². The van der Waals surface area contributed by atoms with Gasteiger partial charge < -0.3 is 5.32 Å². The number of rotatable bonds is 4. The van der Waals surface area contributed by atoms with Crippen LogP contribution >= 0.6 is 11.8 Å². The summed E-state index contributed by atoms with van der Waals surface area (Å²) in [5.41, 5.74) is 4.59. The summed E-state index contributed by atoms with van der Waals surface area (Å²) in [5, 5.41) is 22.1. The molecule has 150 valence electrons. The summed E-state index contributed by atoms with van der Waals surface area (Å²) in [7, 11) is 0. The molecule has 1 N–H and O–H groups in total. The molecule has 1 aliphatic heterocycles. The van der Waals surface area contributed by atoms with Crippen molar-refractivity contribution < 1.29 is 0 Å². The molecule has 7 nitrogen and oxygen atoms in total. The van der Waals surface area contributed by atoms with Crippen molar-refractivity contribution in [2.24, 2.45) is 0 Å². The van der Waals surface area contributed by atoms with E-state index in [9.17, 15) is 5.26 Å². The first-order valence-corrected chi connectivity index (χ1v) is 10.8. The molecule has 5 rings (SSSR count). The van der Waals surface area contributed by atoms with Gasteiger partial charge >= 0.3 is 0 Å². The first-order valence-electron chi connectivity index (χ1n) is 9.98. The van der Waals surface area contributed by atoms with Crippen molar-refractivity contribution in [3.8, 4) is 17.2 Å². The molecule has 0 bridgehead atoms. The van der Waals surface area contributed by atoms with Gasteiger partial charge in [-0.3, -0.25) is 9.67 Å². The summed E-state index contributed by atoms with van der Waals surface area (Å²) < 4.78 is 3.86. The molecule has 0 aliphatic carbocycles. The average Bonchev–Trinajstić information content (AvgIpc) is 3.43. The molecule has 0 unspecified atom stereocenters. The molecule has 30 heavy (non-hydrogen) atoms. The molecule has 0 saturated carbocycles. The van der Waals surface area contributed by atoms with Crippen LogP contribution in [0.1, 0.15) is 30.0 Å². The number of hydrogen-bond donors (Lipinski definition) is 1. The molecule has 0 amide bonds. The van der Waals surface area contributed by atoms with E-state index in [2.05, 4.69) is 50.4 Å². The maximum atomic E-state index is 9.56. The first kappa shape index (κ1) is 18.9. The molecule has 4 aromatic rings. The SMILES string of the molecule is Cc1ccncc1Sc1cc(-c2cnn([C@H]3CCCNC3)c2)cn2ncc(C#N)c12. The van der Waals surface area contributed by atoms with E-state index in [0.717, 1.165) is 51.5 Å². The molecular formula is C22H21N7S. The van der Waals surface area contributed by atoms with Gasteiger partial charge in [0.05, 0.1) is 29.5 Å². The van der Waals surface area contributed by atoms with Gasteiger partial charge in [0.1, 0.15) is 6.07 Å². The number of nitriles is 1. The predicted octanol–water partition coefficient (Wildman–Crippen LogP) is 3.85. The average molecular weight is 416 g/mol. The highest BCUT2D eigenvalue weighted by atomic mass is 32.2. The molecule has 0 aromatic carbocycles. The molecule has 5 heterocycles. The smallest absolute Gasteiger partial charge is 0.103 e. The van der Waals surface area contributed by atoms with Crippen LogP contribution in [-0.2, 0) is 0 Å². The minimum atomic E-state index is 0.387. The Morgan fingerprint density at radius 3 is 2.90 bits per heavy atom. The molecule has 1 aliphatic rings. The Morgan fingerprint density at radius 2 is 2.10 bits per heavy atom. The van der Waals surface area contributed by atoms with E-state index in [-0.39, 0.29) is 0 Å². The third-order valence-corrected chi connectivity index (χ3v) is 6.67. The zero-order valence-electron chi connectivity index (χ0n) is 16.6. The molecule has 8 heteroatoms. The topological polar surface area (TPSA) is 83.8 Å². The summed E-state index contributed by atoms with van der Waals surface area (Å²) in [6.07, 6.45) is 13.6. The number of nitrogens with one attached hydrogen (secondary N) is 1. The molecule has 1 saturated heterocycles. The van der Waals surface area contributed by atoms with Gasteiger partial charge in [-0.2, -0.15) is 15.5 Å². The standard InChI is InChI=1S/C22H21N7S/c1-15-4-6-25-12-21(15)30-20-7-16(13-29-22(20)17(8-23)9-27-29)18-10-26-28(14-18)19-3-2-5-24-11-19/h4,6-7,9-10,12-14,19,24H,2-3,5,11H2,1H3/t19-/m0/s1. The van der Waals surface area contributed by atoms with E-state index < -0.39 is 0 Å². The highest BCUT2D eigenvalue weighted by Crippen LogP contribution is 2.36. The largest absolute Gasteiger partial charge is 0.315 e. The van der Waals surface area contributed by atoms with Gasteiger partial charge in [0.2, 0.25) is 0 Å². The maximum absolute atomic E-state index is 9.56. The molecule has 0 spiro atoms. The van der Waals surface area contributed by atoms with Crippen molar-refractivity contribution in [3.63, 3.8) is 0 Å². The molecule has 4 aromatic heterocycles. The van der Waals surface area contributed by atoms with E-state index in [1.54, 1.807) is 28.7 Å². The number of pyridine rings is 2. The number of nitrogens with zero attached hydrogens (tertiary/aromatic N) is 6. The summed E-state index contributed by atoms with van der Waals surface area (Å²) in [5.74, 6) is 0. The van der Waals surface area contributed by atoms with Crippen molar-refractivity contribution in [1.29, 1.82) is 5.26 Å². The lowest BCUT2D eigenvalue weighted by Gasteiger charge is -2.22. The lowest BCUT2D eigenvalue weighted by Crippen LogP contribution is -2.31. The Hall–Kier alpha value is -3.15. The lowest BCUT2D eigenvalue weighted by atomic mass is 10.1. The molecule has 0 radical (unpaired) electrons. The highest BCUT2D eigenvalue weighted by molar-refractivity contribution is 7.99. The first-order chi connectivity index (χ1) is 14.7. The zero-order valence-corrected chi connectivity index (χ0v) is 17.4. The van der Waals surface area contributed by atoms with Crippen molar-refractivity contribution in [2.45, 2.75) is 35.6 Å². The van der Waals surface area contributed by atoms with Crippen LogP contribution in [0.2, 0.25) is 0 Å². The molecular weight excluding hydrogens is 394 g/mol. The van der Waals surface area contributed by atoms with Crippen LogP contribution in [-0.4, -0.2) is 37.5 Å². The van der Waals surface area contributed by atoms with Crippen LogP contribution in [0.4, 0.5) is 0 Å². The van der Waals surface area contributed by atoms with Crippen molar-refractivity contribution in [3.05, 3.63) is 60.4 Å². The van der Waals surface area contributed by atoms with E-state index in [4.69, 9.17) is 0 Å². The van der Waals surface area contributed by atoms with Crippen molar-refractivity contribution >= 4 is 17.3 Å². The fraction of sp³-hybridized carbons (Fsp3) is 0.273. The normalized spacial score (nSPS) is 16.6. The third-order valence-electron chi connectivity index (χ3n) is 5.49. The second kappa shape index (κ2) is 7.94. The third kappa shape index (κ3) is 3.47. The number of fused-ring (bicyclic) bond motifs is 1. The van der Waals surface area contributed by atoms with Gasteiger partial charge in [0.25, 0.3) is 0 Å². The van der Waals surface area contributed by atoms with Gasteiger partial charge in [-0.15, -0.1) is 0 Å². The molecule has 1 atom stereocenters. The predicted molar refractivity (Wildman–Crippen MR) is 115 cm³/mol. The number of hydrogen-bond acceptors (Lipinski definition) is 6. The fourth-order valence-corrected chi connectivity index (χ4v) is 4.89. The Labute approximate surface area is 178 Å². The number of aryl methyl sites for hydroxylation is 1. The van der Waals surface area contributed by atoms with Crippen LogP contribution in [0.15, 0.2) is 59.1 Å². The van der Waals surface area contributed by atoms with Crippen LogP contribution in [0.5, 0.6) is 0 Å². The van der Waals surface area contributed by atoms with Crippen molar-refractivity contribution in [1.82, 2.24) is 29.7 Å². The second-order valence-electron chi connectivity index (χ2n) is 7.51. The van der Waals surface area contributed by atoms with E-state index >= 15 is 0 Å². The van der Waals surface area contributed by atoms with Gasteiger partial charge in [0, 0.05) is 52.3 Å². The minimum absolute atomic E-state index is 0.387. The Kier molecular flexibility index (Phi) is 4.99. The van der Waals surface area contributed by atoms with Gasteiger partial charge in [-0.25, -0.2) is 4.52 Å². The minimum Gasteiger partial charge on any atom is -0.315 e. The van der Waals surface area contributed by atoms with Crippen LogP contribution in [0, 0.1) is 18.3 Å². The van der Waals surface area contributed by atoms with Crippen LogP contribution < -0.4 is 5.32 Å². The van der Waals surface area contributed by atoms with E-state index in [1.165, 1.54) is 6.42 Å². The zero-order chi connectivity index (χ0) is 20.5. The van der Waals surface area contributed by atoms with Gasteiger partial charge in [0.15, 0.2) is 0 Å². The van der Waals surface area contributed by atoms with E-state index in [1.807, 2.05) is 24.7 Å². The quantitative estimate of drug-likeness (QED) is 0.545. The Bertz CT molecular complexity index is 1240. The number of piperidine rings is 1. The van der Waals surface area contributed by atoms with Crippen LogP contribution in [0.3, 0.4) is 0 Å². The summed E-state index contributed by atoms with van der Waals surface area (Å²) in [6.45, 7) is 4.09. The van der Waals surface area contributed by atoms with Gasteiger partial charge in [-0.1, -0.05) is 11.8 Å². The monoisotopic (exact) mass is 415 g/mol.